The van der Waals surface area contributed by atoms with E-state index in [-0.39, 0.29) is 29.3 Å². The maximum Gasteiger partial charge on any atom is 0.167 e. The fraction of sp³-hybridized carbons (Fsp3) is 0.263. The molecule has 3 atom stereocenters. The van der Waals surface area contributed by atoms with Crippen LogP contribution in [0.1, 0.15) is 34.3 Å². The average Bonchev–Trinajstić information content (AvgIpc) is 3.24. The fourth-order valence-corrected chi connectivity index (χ4v) is 3.14. The van der Waals surface area contributed by atoms with Gasteiger partial charge in [0.25, 0.3) is 0 Å². The fourth-order valence-electron chi connectivity index (χ4n) is 3.14. The van der Waals surface area contributed by atoms with E-state index >= 15 is 0 Å². The van der Waals surface area contributed by atoms with Gasteiger partial charge in [-0.25, -0.2) is 0 Å². The van der Waals surface area contributed by atoms with E-state index in [0.29, 0.717) is 5.56 Å². The predicted molar refractivity (Wildman–Crippen MR) is 82.4 cm³/mol. The molecule has 0 aliphatic heterocycles. The standard InChI is InChI=1S/C19H18O2/c1-12-8-10-15(11-9-12)19(21)18-16(13(2)20)17(18)14-6-4-3-5-7-14/h3-11,16-18H,1-2H3/t16-,17-,18-/m0/s1. The molecule has 0 unspecified atom stereocenters. The number of hydrogen-bond acceptors (Lipinski definition) is 2. The average molecular weight is 278 g/mol. The Morgan fingerprint density at radius 1 is 0.857 bits per heavy atom. The highest BCUT2D eigenvalue weighted by molar-refractivity contribution is 6.05. The molecule has 3 rings (SSSR count). The van der Waals surface area contributed by atoms with E-state index in [1.807, 2.05) is 61.5 Å². The van der Waals surface area contributed by atoms with Gasteiger partial charge in [0.1, 0.15) is 5.78 Å². The lowest BCUT2D eigenvalue weighted by molar-refractivity contribution is -0.118. The third-order valence-corrected chi connectivity index (χ3v) is 4.31. The molecule has 2 heteroatoms. The number of carbonyl (C=O) groups is 2. The van der Waals surface area contributed by atoms with Crippen molar-refractivity contribution in [2.75, 3.05) is 0 Å². The third kappa shape index (κ3) is 2.54. The summed E-state index contributed by atoms with van der Waals surface area (Å²) < 4.78 is 0. The third-order valence-electron chi connectivity index (χ3n) is 4.31. The Morgan fingerprint density at radius 3 is 2.05 bits per heavy atom. The molecule has 0 N–H and O–H groups in total. The first-order valence-electron chi connectivity index (χ1n) is 7.26. The van der Waals surface area contributed by atoms with Crippen LogP contribution in [0.25, 0.3) is 0 Å². The highest BCUT2D eigenvalue weighted by Gasteiger charge is 2.57. The van der Waals surface area contributed by atoms with Crippen LogP contribution in [0, 0.1) is 18.8 Å². The summed E-state index contributed by atoms with van der Waals surface area (Å²) in [5.74, 6) is -0.135. The lowest BCUT2D eigenvalue weighted by atomic mass is 10.0. The molecule has 1 aliphatic rings. The number of carbonyl (C=O) groups excluding carboxylic acids is 2. The number of Topliss-reactive ketones (excluding diaryl/α,β-unsaturated/α-hetero) is 2. The lowest BCUT2D eigenvalue weighted by Gasteiger charge is -2.01. The van der Waals surface area contributed by atoms with Crippen LogP contribution < -0.4 is 0 Å². The van der Waals surface area contributed by atoms with Crippen molar-refractivity contribution in [2.24, 2.45) is 11.8 Å². The number of ketones is 2. The van der Waals surface area contributed by atoms with E-state index in [9.17, 15) is 9.59 Å². The maximum absolute atomic E-state index is 12.7. The van der Waals surface area contributed by atoms with Crippen molar-refractivity contribution < 1.29 is 9.59 Å². The highest BCUT2D eigenvalue weighted by atomic mass is 16.1. The van der Waals surface area contributed by atoms with Gasteiger partial charge in [0.2, 0.25) is 0 Å². The van der Waals surface area contributed by atoms with E-state index < -0.39 is 0 Å². The first-order chi connectivity index (χ1) is 10.1. The van der Waals surface area contributed by atoms with Gasteiger partial charge in [0.15, 0.2) is 5.78 Å². The molecule has 0 bridgehead atoms. The van der Waals surface area contributed by atoms with Crippen LogP contribution in [-0.4, -0.2) is 11.6 Å². The Labute approximate surface area is 124 Å². The predicted octanol–water partition coefficient (Wildman–Crippen LogP) is 3.80. The van der Waals surface area contributed by atoms with Crippen LogP contribution in [0.2, 0.25) is 0 Å². The minimum Gasteiger partial charge on any atom is -0.300 e. The Bertz CT molecular complexity index is 670. The van der Waals surface area contributed by atoms with Crippen molar-refractivity contribution in [1.82, 2.24) is 0 Å². The molecule has 0 radical (unpaired) electrons. The first-order valence-corrected chi connectivity index (χ1v) is 7.26. The Morgan fingerprint density at radius 2 is 1.48 bits per heavy atom. The molecule has 0 saturated heterocycles. The monoisotopic (exact) mass is 278 g/mol. The molecule has 1 aliphatic carbocycles. The highest BCUT2D eigenvalue weighted by Crippen LogP contribution is 2.55. The maximum atomic E-state index is 12.7. The second-order valence-electron chi connectivity index (χ2n) is 5.83. The van der Waals surface area contributed by atoms with Gasteiger partial charge in [0, 0.05) is 23.3 Å². The SMILES string of the molecule is CC(=O)[C@@H]1[C@H](C(=O)c2ccc(C)cc2)[C@H]1c1ccccc1. The molecule has 0 amide bonds. The summed E-state index contributed by atoms with van der Waals surface area (Å²) >= 11 is 0. The quantitative estimate of drug-likeness (QED) is 0.797. The summed E-state index contributed by atoms with van der Waals surface area (Å²) in [6, 6.07) is 17.5. The zero-order chi connectivity index (χ0) is 15.0. The van der Waals surface area contributed by atoms with E-state index in [4.69, 9.17) is 0 Å². The second kappa shape index (κ2) is 5.28. The van der Waals surface area contributed by atoms with Gasteiger partial charge in [-0.05, 0) is 19.4 Å². The summed E-state index contributed by atoms with van der Waals surface area (Å²) in [5, 5.41) is 0. The summed E-state index contributed by atoms with van der Waals surface area (Å²) in [6.07, 6.45) is 0. The van der Waals surface area contributed by atoms with Gasteiger partial charge in [-0.1, -0.05) is 60.2 Å². The minimum absolute atomic E-state index is 0.0394. The molecule has 2 aromatic rings. The van der Waals surface area contributed by atoms with Gasteiger partial charge in [-0.3, -0.25) is 9.59 Å². The Kier molecular flexibility index (Phi) is 3.46. The largest absolute Gasteiger partial charge is 0.300 e. The van der Waals surface area contributed by atoms with Crippen LogP contribution in [0.3, 0.4) is 0 Å². The van der Waals surface area contributed by atoms with Crippen molar-refractivity contribution in [3.05, 3.63) is 71.3 Å². The molecule has 2 aromatic carbocycles. The van der Waals surface area contributed by atoms with Crippen LogP contribution in [0.4, 0.5) is 0 Å². The van der Waals surface area contributed by atoms with Gasteiger partial charge in [0.05, 0.1) is 0 Å². The Hall–Kier alpha value is -2.22. The minimum atomic E-state index is -0.201. The summed E-state index contributed by atoms with van der Waals surface area (Å²) in [5.41, 5.74) is 2.92. The zero-order valence-electron chi connectivity index (χ0n) is 12.2. The van der Waals surface area contributed by atoms with Crippen molar-refractivity contribution >= 4 is 11.6 Å². The first kappa shape index (κ1) is 13.7. The lowest BCUT2D eigenvalue weighted by Crippen LogP contribution is -2.06. The smallest absolute Gasteiger partial charge is 0.167 e. The molecular weight excluding hydrogens is 260 g/mol. The van der Waals surface area contributed by atoms with Crippen LogP contribution in [-0.2, 0) is 4.79 Å². The van der Waals surface area contributed by atoms with Gasteiger partial charge >= 0.3 is 0 Å². The molecule has 106 valence electrons. The molecule has 1 fully saturated rings. The van der Waals surface area contributed by atoms with Crippen molar-refractivity contribution in [3.8, 4) is 0 Å². The summed E-state index contributed by atoms with van der Waals surface area (Å²) in [6.45, 7) is 3.58. The Balaban J connectivity index is 1.88. The molecule has 1 saturated carbocycles. The topological polar surface area (TPSA) is 34.1 Å². The molecule has 0 aromatic heterocycles. The van der Waals surface area contributed by atoms with Gasteiger partial charge in [-0.15, -0.1) is 0 Å². The van der Waals surface area contributed by atoms with E-state index in [1.165, 1.54) is 0 Å². The van der Waals surface area contributed by atoms with Crippen LogP contribution >= 0.6 is 0 Å². The van der Waals surface area contributed by atoms with E-state index in [2.05, 4.69) is 0 Å². The second-order valence-corrected chi connectivity index (χ2v) is 5.83. The van der Waals surface area contributed by atoms with Gasteiger partial charge in [-0.2, -0.15) is 0 Å². The van der Waals surface area contributed by atoms with E-state index in [0.717, 1.165) is 11.1 Å². The number of rotatable bonds is 4. The number of aryl methyl sites for hydroxylation is 1. The van der Waals surface area contributed by atoms with E-state index in [1.54, 1.807) is 6.92 Å². The molecule has 0 spiro atoms. The molecule has 0 heterocycles. The number of hydrogen-bond donors (Lipinski definition) is 0. The number of benzene rings is 2. The van der Waals surface area contributed by atoms with Crippen molar-refractivity contribution in [2.45, 2.75) is 19.8 Å². The summed E-state index contributed by atoms with van der Waals surface area (Å²) in [7, 11) is 0. The molecule has 21 heavy (non-hydrogen) atoms. The van der Waals surface area contributed by atoms with Crippen LogP contribution in [0.15, 0.2) is 54.6 Å². The van der Waals surface area contributed by atoms with Crippen LogP contribution in [0.5, 0.6) is 0 Å². The molecular formula is C19H18O2. The summed E-state index contributed by atoms with van der Waals surface area (Å²) in [4.78, 5) is 24.5. The van der Waals surface area contributed by atoms with Crippen molar-refractivity contribution in [3.63, 3.8) is 0 Å². The molecule has 2 nitrogen and oxygen atoms in total. The zero-order valence-corrected chi connectivity index (χ0v) is 12.2. The normalized spacial score (nSPS) is 23.6. The van der Waals surface area contributed by atoms with Crippen molar-refractivity contribution in [1.29, 1.82) is 0 Å². The van der Waals surface area contributed by atoms with Gasteiger partial charge < -0.3 is 0 Å².